The number of nitrogens with one attached hydrogen (secondary N) is 4. The van der Waals surface area contributed by atoms with Crippen LogP contribution in [0.25, 0.3) is 5.82 Å². The van der Waals surface area contributed by atoms with Crippen molar-refractivity contribution in [1.82, 2.24) is 40.6 Å². The summed E-state index contributed by atoms with van der Waals surface area (Å²) in [6.07, 6.45) is -2.19. The first-order chi connectivity index (χ1) is 19.4. The number of halogens is 5. The maximum absolute atomic E-state index is 14.0. The molecule has 41 heavy (non-hydrogen) atoms. The van der Waals surface area contributed by atoms with Crippen LogP contribution in [0.2, 0.25) is 10.0 Å². The standard InChI is InChI=1S/C24H22Cl2F3N9O3/c25-14-5-3-13(4-6-14)20(30)37(11-17(24(27,28)29)35-22(40)16-7-8-19(39)34-16)23(41)32-10-18-33-12-38(36-18)21-15(26)2-1-9-31-21/h1-6,9,12,16-17,30H,7-8,10-11H2,(H,32,41)(H,34,39)(H,35,40)/t16-,17+/m0/s1. The molecule has 12 nitrogen and oxygen atoms in total. The van der Waals surface area contributed by atoms with Crippen molar-refractivity contribution < 1.29 is 27.6 Å². The lowest BCUT2D eigenvalue weighted by molar-refractivity contribution is -0.163. The number of nitrogens with zero attached hydrogens (tertiary/aromatic N) is 5. The molecule has 2 atom stereocenters. The second-order valence-corrected chi connectivity index (χ2v) is 9.64. The lowest BCUT2D eigenvalue weighted by Gasteiger charge is -2.30. The number of hydrogen-bond acceptors (Lipinski definition) is 7. The van der Waals surface area contributed by atoms with E-state index in [9.17, 15) is 27.6 Å². The zero-order valence-electron chi connectivity index (χ0n) is 21.0. The van der Waals surface area contributed by atoms with E-state index in [0.717, 1.165) is 0 Å². The quantitative estimate of drug-likeness (QED) is 0.226. The van der Waals surface area contributed by atoms with Crippen LogP contribution in [0, 0.1) is 5.41 Å². The van der Waals surface area contributed by atoms with Crippen LogP contribution in [0.5, 0.6) is 0 Å². The highest BCUT2D eigenvalue weighted by Crippen LogP contribution is 2.23. The zero-order valence-corrected chi connectivity index (χ0v) is 22.5. The van der Waals surface area contributed by atoms with Crippen molar-refractivity contribution >= 4 is 46.9 Å². The van der Waals surface area contributed by atoms with Crippen LogP contribution in [-0.4, -0.2) is 73.1 Å². The first kappa shape index (κ1) is 29.7. The number of hydrogen-bond donors (Lipinski definition) is 4. The molecule has 2 aromatic heterocycles. The SMILES string of the molecule is N=C(c1ccc(Cl)cc1)N(C[C@@H](NC(=O)[C@@H]1CCC(=O)N1)C(F)(F)F)C(=O)NCc1ncn(-c2ncccc2Cl)n1. The van der Waals surface area contributed by atoms with Crippen LogP contribution in [0.1, 0.15) is 24.2 Å². The minimum absolute atomic E-state index is 0.000845. The molecule has 3 heterocycles. The average Bonchev–Trinajstić information content (AvgIpc) is 3.58. The van der Waals surface area contributed by atoms with E-state index >= 15 is 0 Å². The summed E-state index contributed by atoms with van der Waals surface area (Å²) in [6, 6.07) is 3.96. The largest absolute Gasteiger partial charge is 0.410 e. The topological polar surface area (TPSA) is 158 Å². The molecule has 0 unspecified atom stereocenters. The lowest BCUT2D eigenvalue weighted by Crippen LogP contribution is -2.58. The van der Waals surface area contributed by atoms with Crippen molar-refractivity contribution in [2.24, 2.45) is 0 Å². The van der Waals surface area contributed by atoms with Gasteiger partial charge in [-0.1, -0.05) is 23.2 Å². The normalized spacial score (nSPS) is 15.6. The number of pyridine rings is 1. The summed E-state index contributed by atoms with van der Waals surface area (Å²) < 4.78 is 43.4. The van der Waals surface area contributed by atoms with E-state index < -0.39 is 48.5 Å². The van der Waals surface area contributed by atoms with Gasteiger partial charge in [0.05, 0.1) is 18.1 Å². The summed E-state index contributed by atoms with van der Waals surface area (Å²) in [7, 11) is 0. The Bertz CT molecular complexity index is 1450. The van der Waals surface area contributed by atoms with Crippen LogP contribution in [0.15, 0.2) is 48.9 Å². The fraction of sp³-hybridized carbons (Fsp3) is 0.292. The number of amides is 4. The molecule has 4 rings (SSSR count). The van der Waals surface area contributed by atoms with Crippen molar-refractivity contribution in [1.29, 1.82) is 5.41 Å². The molecule has 0 spiro atoms. The zero-order chi connectivity index (χ0) is 29.7. The minimum Gasteiger partial charge on any atom is -0.344 e. The Kier molecular flexibility index (Phi) is 9.08. The van der Waals surface area contributed by atoms with E-state index in [0.29, 0.717) is 9.92 Å². The Hall–Kier alpha value is -4.24. The summed E-state index contributed by atoms with van der Waals surface area (Å²) in [5.41, 5.74) is 0.0899. The van der Waals surface area contributed by atoms with Gasteiger partial charge in [0.15, 0.2) is 11.6 Å². The number of urea groups is 1. The highest BCUT2D eigenvalue weighted by Gasteiger charge is 2.44. The van der Waals surface area contributed by atoms with Crippen LogP contribution in [0.4, 0.5) is 18.0 Å². The molecule has 0 saturated carbocycles. The van der Waals surface area contributed by atoms with Crippen molar-refractivity contribution in [3.05, 3.63) is 70.4 Å². The number of rotatable bonds is 8. The van der Waals surface area contributed by atoms with E-state index in [1.165, 1.54) is 41.5 Å². The summed E-state index contributed by atoms with van der Waals surface area (Å²) >= 11 is 12.0. The summed E-state index contributed by atoms with van der Waals surface area (Å²) in [6.45, 7) is -1.47. The van der Waals surface area contributed by atoms with E-state index in [1.54, 1.807) is 12.1 Å². The molecule has 0 radical (unpaired) electrons. The molecule has 1 aromatic carbocycles. The van der Waals surface area contributed by atoms with Gasteiger partial charge in [-0.15, -0.1) is 5.10 Å². The molecular weight excluding hydrogens is 590 g/mol. The van der Waals surface area contributed by atoms with Gasteiger partial charge >= 0.3 is 12.2 Å². The van der Waals surface area contributed by atoms with Crippen molar-refractivity contribution in [2.45, 2.75) is 37.6 Å². The first-order valence-electron chi connectivity index (χ1n) is 12.0. The summed E-state index contributed by atoms with van der Waals surface area (Å²) in [4.78, 5) is 45.8. The van der Waals surface area contributed by atoms with Gasteiger partial charge < -0.3 is 16.0 Å². The minimum atomic E-state index is -5.00. The van der Waals surface area contributed by atoms with Crippen LogP contribution in [-0.2, 0) is 16.1 Å². The third kappa shape index (κ3) is 7.49. The number of aromatic nitrogens is 4. The van der Waals surface area contributed by atoms with Gasteiger partial charge in [0.1, 0.15) is 24.2 Å². The van der Waals surface area contributed by atoms with Gasteiger partial charge in [-0.3, -0.25) is 19.9 Å². The van der Waals surface area contributed by atoms with Gasteiger partial charge in [-0.25, -0.2) is 19.4 Å². The highest BCUT2D eigenvalue weighted by atomic mass is 35.5. The predicted octanol–water partition coefficient (Wildman–Crippen LogP) is 2.83. The third-order valence-electron chi connectivity index (χ3n) is 5.91. The summed E-state index contributed by atoms with van der Waals surface area (Å²) in [5.74, 6) is -1.75. The molecule has 4 amide bonds. The molecule has 1 saturated heterocycles. The Labute approximate surface area is 240 Å². The number of carbonyl (C=O) groups is 3. The molecule has 1 fully saturated rings. The van der Waals surface area contributed by atoms with E-state index in [1.807, 2.05) is 5.32 Å². The highest BCUT2D eigenvalue weighted by molar-refractivity contribution is 6.32. The van der Waals surface area contributed by atoms with Crippen LogP contribution < -0.4 is 16.0 Å². The molecule has 4 N–H and O–H groups in total. The van der Waals surface area contributed by atoms with Gasteiger partial charge in [-0.2, -0.15) is 13.2 Å². The van der Waals surface area contributed by atoms with Gasteiger partial charge in [0, 0.05) is 23.2 Å². The molecule has 3 aromatic rings. The maximum atomic E-state index is 14.0. The number of amidine groups is 1. The molecule has 1 aliphatic heterocycles. The van der Waals surface area contributed by atoms with Gasteiger partial charge in [-0.05, 0) is 42.8 Å². The first-order valence-corrected chi connectivity index (χ1v) is 12.8. The molecule has 0 bridgehead atoms. The molecule has 0 aliphatic carbocycles. The monoisotopic (exact) mass is 611 g/mol. The van der Waals surface area contributed by atoms with E-state index in [4.69, 9.17) is 28.6 Å². The van der Waals surface area contributed by atoms with Crippen LogP contribution in [0.3, 0.4) is 0 Å². The molecule has 216 valence electrons. The second kappa shape index (κ2) is 12.5. The molecule has 17 heteroatoms. The predicted molar refractivity (Wildman–Crippen MR) is 141 cm³/mol. The van der Waals surface area contributed by atoms with Gasteiger partial charge in [0.2, 0.25) is 11.8 Å². The Balaban J connectivity index is 1.53. The van der Waals surface area contributed by atoms with Crippen molar-refractivity contribution in [2.75, 3.05) is 6.54 Å². The maximum Gasteiger partial charge on any atom is 0.410 e. The fourth-order valence-electron chi connectivity index (χ4n) is 3.81. The second-order valence-electron chi connectivity index (χ2n) is 8.80. The lowest BCUT2D eigenvalue weighted by atomic mass is 10.1. The number of alkyl halides is 3. The van der Waals surface area contributed by atoms with Crippen LogP contribution >= 0.6 is 23.2 Å². The Morgan fingerprint density at radius 2 is 1.93 bits per heavy atom. The molecule has 1 aliphatic rings. The number of carbonyl (C=O) groups excluding carboxylic acids is 3. The van der Waals surface area contributed by atoms with Crippen molar-refractivity contribution in [3.8, 4) is 5.82 Å². The van der Waals surface area contributed by atoms with E-state index in [-0.39, 0.29) is 41.6 Å². The van der Waals surface area contributed by atoms with Crippen molar-refractivity contribution in [3.63, 3.8) is 0 Å². The summed E-state index contributed by atoms with van der Waals surface area (Å²) in [5, 5.41) is 19.8. The third-order valence-corrected chi connectivity index (χ3v) is 6.46. The Morgan fingerprint density at radius 3 is 2.56 bits per heavy atom. The van der Waals surface area contributed by atoms with Gasteiger partial charge in [0.25, 0.3) is 0 Å². The fourth-order valence-corrected chi connectivity index (χ4v) is 4.15. The number of benzene rings is 1. The smallest absolute Gasteiger partial charge is 0.344 e. The molecular formula is C24H22Cl2F3N9O3. The van der Waals surface area contributed by atoms with E-state index in [2.05, 4.69) is 25.7 Å². The average molecular weight is 612 g/mol. The Morgan fingerprint density at radius 1 is 1.20 bits per heavy atom.